The molecule has 0 aliphatic carbocycles. The molecule has 9 heavy (non-hydrogen) atoms. The second-order valence-corrected chi connectivity index (χ2v) is 2.71. The lowest BCUT2D eigenvalue weighted by atomic mass is 10.3. The van der Waals surface area contributed by atoms with Crippen LogP contribution in [0.1, 0.15) is 6.42 Å². The van der Waals surface area contributed by atoms with Crippen LogP contribution in [0.15, 0.2) is 14.6 Å². The summed E-state index contributed by atoms with van der Waals surface area (Å²) in [6.07, 6.45) is 1.75. The van der Waals surface area contributed by atoms with E-state index in [0.29, 0.717) is 3.58 Å². The fourth-order valence-corrected chi connectivity index (χ4v) is 0.810. The highest BCUT2D eigenvalue weighted by Crippen LogP contribution is 2.15. The first kappa shape index (κ1) is 6.85. The molecule has 0 aromatic carbocycles. The van der Waals surface area contributed by atoms with Crippen molar-refractivity contribution in [2.45, 2.75) is 6.42 Å². The van der Waals surface area contributed by atoms with E-state index in [-0.39, 0.29) is 6.42 Å². The van der Waals surface area contributed by atoms with Gasteiger partial charge in [-0.05, 0) is 22.6 Å². The SMILES string of the molecule is O=C1CC=C(I)C(F)=N1. The van der Waals surface area contributed by atoms with E-state index in [1.165, 1.54) is 6.08 Å². The zero-order valence-corrected chi connectivity index (χ0v) is 6.55. The first-order valence-corrected chi connectivity index (χ1v) is 3.41. The van der Waals surface area contributed by atoms with Gasteiger partial charge in [-0.25, -0.2) is 0 Å². The molecule has 48 valence electrons. The average molecular weight is 239 g/mol. The second kappa shape index (κ2) is 2.55. The van der Waals surface area contributed by atoms with Crippen molar-refractivity contribution in [3.63, 3.8) is 0 Å². The summed E-state index contributed by atoms with van der Waals surface area (Å²) in [7, 11) is 0. The van der Waals surface area contributed by atoms with Crippen LogP contribution < -0.4 is 0 Å². The number of hydrogen-bond donors (Lipinski definition) is 0. The van der Waals surface area contributed by atoms with Crippen molar-refractivity contribution in [1.82, 2.24) is 0 Å². The van der Waals surface area contributed by atoms with E-state index in [2.05, 4.69) is 4.99 Å². The van der Waals surface area contributed by atoms with Crippen LogP contribution >= 0.6 is 22.6 Å². The average Bonchev–Trinajstić information content (AvgIpc) is 1.80. The minimum atomic E-state index is -0.660. The van der Waals surface area contributed by atoms with Gasteiger partial charge in [-0.15, -0.1) is 0 Å². The van der Waals surface area contributed by atoms with Crippen LogP contribution in [0.2, 0.25) is 0 Å². The molecule has 0 spiro atoms. The van der Waals surface area contributed by atoms with Gasteiger partial charge in [0.05, 0.1) is 3.58 Å². The number of hydrogen-bond acceptors (Lipinski definition) is 1. The normalized spacial score (nSPS) is 19.1. The molecule has 1 aliphatic rings. The maximum atomic E-state index is 12.3. The van der Waals surface area contributed by atoms with Crippen molar-refractivity contribution in [3.05, 3.63) is 9.66 Å². The quantitative estimate of drug-likeness (QED) is 0.590. The predicted octanol–water partition coefficient (Wildman–Crippen LogP) is 1.60. The number of nitrogens with zero attached hydrogens (tertiary/aromatic N) is 1. The second-order valence-electron chi connectivity index (χ2n) is 1.55. The molecule has 0 aromatic heterocycles. The molecule has 1 aliphatic heterocycles. The molecule has 0 saturated carbocycles. The Morgan fingerprint density at radius 3 is 2.89 bits per heavy atom. The van der Waals surface area contributed by atoms with Gasteiger partial charge in [-0.1, -0.05) is 6.08 Å². The Hall–Kier alpha value is -0.260. The van der Waals surface area contributed by atoms with Crippen molar-refractivity contribution >= 4 is 34.5 Å². The van der Waals surface area contributed by atoms with Gasteiger partial charge in [0.25, 0.3) is 5.91 Å². The highest BCUT2D eigenvalue weighted by molar-refractivity contribution is 14.1. The fourth-order valence-electron chi connectivity index (χ4n) is 0.470. The van der Waals surface area contributed by atoms with Crippen molar-refractivity contribution in [3.8, 4) is 0 Å². The third-order valence-corrected chi connectivity index (χ3v) is 1.76. The highest BCUT2D eigenvalue weighted by Gasteiger charge is 2.10. The van der Waals surface area contributed by atoms with Crippen molar-refractivity contribution in [2.75, 3.05) is 0 Å². The lowest BCUT2D eigenvalue weighted by molar-refractivity contribution is -0.117. The molecular weight excluding hydrogens is 236 g/mol. The van der Waals surface area contributed by atoms with E-state index in [1.807, 2.05) is 0 Å². The number of halogens is 2. The van der Waals surface area contributed by atoms with Gasteiger partial charge in [-0.2, -0.15) is 9.38 Å². The molecule has 2 nitrogen and oxygen atoms in total. The minimum Gasteiger partial charge on any atom is -0.272 e. The summed E-state index contributed by atoms with van der Waals surface area (Å²) in [4.78, 5) is 13.4. The van der Waals surface area contributed by atoms with E-state index in [4.69, 9.17) is 0 Å². The van der Waals surface area contributed by atoms with Gasteiger partial charge in [-0.3, -0.25) is 4.79 Å². The standard InChI is InChI=1S/C5H3FINO/c6-5-3(7)1-2-4(9)8-5/h1H,2H2. The molecule has 0 radical (unpaired) electrons. The number of aliphatic imine (C=N–C) groups is 1. The third-order valence-electron chi connectivity index (χ3n) is 0.876. The maximum Gasteiger partial charge on any atom is 0.252 e. The van der Waals surface area contributed by atoms with Crippen LogP contribution in [-0.4, -0.2) is 11.9 Å². The van der Waals surface area contributed by atoms with Gasteiger partial charge < -0.3 is 0 Å². The van der Waals surface area contributed by atoms with Crippen LogP contribution in [0.5, 0.6) is 0 Å². The summed E-state index contributed by atoms with van der Waals surface area (Å²) in [5.74, 6) is -1.07. The Bertz CT molecular complexity index is 209. The first-order chi connectivity index (χ1) is 4.20. The Morgan fingerprint density at radius 2 is 2.44 bits per heavy atom. The maximum absolute atomic E-state index is 12.3. The topological polar surface area (TPSA) is 29.4 Å². The largest absolute Gasteiger partial charge is 0.272 e. The highest BCUT2D eigenvalue weighted by atomic mass is 127. The molecular formula is C5H3FINO. The van der Waals surface area contributed by atoms with E-state index < -0.39 is 11.9 Å². The van der Waals surface area contributed by atoms with Crippen LogP contribution in [0.3, 0.4) is 0 Å². The summed E-state index contributed by atoms with van der Waals surface area (Å²) in [6.45, 7) is 0. The molecule has 0 aromatic rings. The fraction of sp³-hybridized carbons (Fsp3) is 0.200. The molecule has 1 amide bonds. The summed E-state index contributed by atoms with van der Waals surface area (Å²) in [6, 6.07) is 0. The minimum absolute atomic E-state index is 0.228. The Labute approximate surface area is 65.0 Å². The van der Waals surface area contributed by atoms with Crippen LogP contribution in [0.25, 0.3) is 0 Å². The Morgan fingerprint density at radius 1 is 1.78 bits per heavy atom. The van der Waals surface area contributed by atoms with Crippen molar-refractivity contribution in [1.29, 1.82) is 0 Å². The molecule has 0 unspecified atom stereocenters. The monoisotopic (exact) mass is 239 g/mol. The van der Waals surface area contributed by atoms with Gasteiger partial charge in [0.15, 0.2) is 0 Å². The van der Waals surface area contributed by atoms with Crippen LogP contribution in [0.4, 0.5) is 4.39 Å². The van der Waals surface area contributed by atoms with Crippen LogP contribution in [0, 0.1) is 0 Å². The number of carbonyl (C=O) groups is 1. The number of amides is 1. The van der Waals surface area contributed by atoms with Crippen molar-refractivity contribution in [2.24, 2.45) is 4.99 Å². The Balaban J connectivity index is 2.87. The molecule has 1 rings (SSSR count). The van der Waals surface area contributed by atoms with E-state index in [1.54, 1.807) is 22.6 Å². The predicted molar refractivity (Wildman–Crippen MR) is 40.3 cm³/mol. The molecule has 0 fully saturated rings. The third kappa shape index (κ3) is 1.57. The number of allylic oxidation sites excluding steroid dienone is 1. The molecule has 4 heteroatoms. The number of carbonyl (C=O) groups excluding carboxylic acids is 1. The van der Waals surface area contributed by atoms with Crippen molar-refractivity contribution < 1.29 is 9.18 Å². The smallest absolute Gasteiger partial charge is 0.252 e. The summed E-state index contributed by atoms with van der Waals surface area (Å²) in [5, 5.41) is 0. The van der Waals surface area contributed by atoms with Gasteiger partial charge in [0.1, 0.15) is 0 Å². The van der Waals surface area contributed by atoms with E-state index >= 15 is 0 Å². The molecule has 0 atom stereocenters. The molecule has 0 saturated heterocycles. The first-order valence-electron chi connectivity index (χ1n) is 2.33. The molecule has 0 N–H and O–H groups in total. The van der Waals surface area contributed by atoms with E-state index in [0.717, 1.165) is 0 Å². The zero-order valence-electron chi connectivity index (χ0n) is 4.40. The zero-order chi connectivity index (χ0) is 6.85. The molecule has 1 heterocycles. The van der Waals surface area contributed by atoms with Gasteiger partial charge >= 0.3 is 0 Å². The van der Waals surface area contributed by atoms with E-state index in [9.17, 15) is 9.18 Å². The lowest BCUT2D eigenvalue weighted by Crippen LogP contribution is -2.02. The number of dihydropyridines is 1. The van der Waals surface area contributed by atoms with Gasteiger partial charge in [0.2, 0.25) is 5.97 Å². The van der Waals surface area contributed by atoms with Gasteiger partial charge in [0, 0.05) is 6.42 Å². The lowest BCUT2D eigenvalue weighted by Gasteiger charge is -1.98. The number of rotatable bonds is 0. The summed E-state index contributed by atoms with van der Waals surface area (Å²) in [5.41, 5.74) is 0. The Kier molecular flexibility index (Phi) is 1.94. The summed E-state index contributed by atoms with van der Waals surface area (Å²) >= 11 is 1.80. The summed E-state index contributed by atoms with van der Waals surface area (Å²) < 4.78 is 12.7. The molecule has 0 bridgehead atoms. The van der Waals surface area contributed by atoms with Crippen LogP contribution in [-0.2, 0) is 4.79 Å².